The molecule has 0 atom stereocenters. The standard InChI is InChI=1S/C19H16ClN5O6/c1-12-8-13(20)2-3-17(12)31-16-10-14(9-15(11-16)24(27)28)21-19(26)5-7-23-6-4-18(22-23)25(29)30/h2-4,6,8-11H,5,7H2,1H3,(H,21,26). The number of rotatable bonds is 8. The van der Waals surface area contributed by atoms with E-state index in [2.05, 4.69) is 10.4 Å². The van der Waals surface area contributed by atoms with Crippen LogP contribution < -0.4 is 10.1 Å². The van der Waals surface area contributed by atoms with Gasteiger partial charge in [-0.15, -0.1) is 0 Å². The fourth-order valence-electron chi connectivity index (χ4n) is 2.69. The van der Waals surface area contributed by atoms with Gasteiger partial charge in [-0.2, -0.15) is 4.68 Å². The van der Waals surface area contributed by atoms with Crippen LogP contribution in [-0.4, -0.2) is 25.5 Å². The minimum absolute atomic E-state index is 0.0476. The van der Waals surface area contributed by atoms with Gasteiger partial charge < -0.3 is 20.2 Å². The van der Waals surface area contributed by atoms with Gasteiger partial charge in [-0.3, -0.25) is 14.9 Å². The SMILES string of the molecule is Cc1cc(Cl)ccc1Oc1cc(NC(=O)CCn2ccc([N+](=O)[O-])n2)cc([N+](=O)[O-])c1. The van der Waals surface area contributed by atoms with E-state index in [0.717, 1.165) is 5.56 Å². The fraction of sp³-hybridized carbons (Fsp3) is 0.158. The van der Waals surface area contributed by atoms with E-state index < -0.39 is 15.8 Å². The number of nitrogens with zero attached hydrogens (tertiary/aromatic N) is 4. The molecule has 3 aromatic rings. The molecule has 1 aromatic heterocycles. The van der Waals surface area contributed by atoms with Gasteiger partial charge in [-0.1, -0.05) is 11.6 Å². The van der Waals surface area contributed by atoms with Gasteiger partial charge in [-0.05, 0) is 35.6 Å². The van der Waals surface area contributed by atoms with Gasteiger partial charge in [0, 0.05) is 23.6 Å². The molecule has 1 heterocycles. The molecular weight excluding hydrogens is 430 g/mol. The van der Waals surface area contributed by atoms with E-state index in [4.69, 9.17) is 16.3 Å². The number of nitro groups is 2. The first kappa shape index (κ1) is 21.7. The van der Waals surface area contributed by atoms with Crippen molar-refractivity contribution in [2.75, 3.05) is 5.32 Å². The normalized spacial score (nSPS) is 10.5. The molecule has 2 aromatic carbocycles. The van der Waals surface area contributed by atoms with Gasteiger partial charge in [0.2, 0.25) is 5.91 Å². The first-order chi connectivity index (χ1) is 14.7. The van der Waals surface area contributed by atoms with E-state index in [1.165, 1.54) is 35.1 Å². The zero-order chi connectivity index (χ0) is 22.5. The lowest BCUT2D eigenvalue weighted by molar-refractivity contribution is -0.389. The fourth-order valence-corrected chi connectivity index (χ4v) is 2.91. The number of anilines is 1. The van der Waals surface area contributed by atoms with E-state index >= 15 is 0 Å². The van der Waals surface area contributed by atoms with Crippen LogP contribution in [0.5, 0.6) is 11.5 Å². The number of benzene rings is 2. The molecule has 12 heteroatoms. The lowest BCUT2D eigenvalue weighted by Gasteiger charge is -2.11. The van der Waals surface area contributed by atoms with Crippen molar-refractivity contribution >= 4 is 34.7 Å². The molecule has 0 aliphatic rings. The highest BCUT2D eigenvalue weighted by Crippen LogP contribution is 2.32. The molecule has 31 heavy (non-hydrogen) atoms. The second-order valence-electron chi connectivity index (χ2n) is 6.48. The molecule has 0 aliphatic carbocycles. The van der Waals surface area contributed by atoms with Gasteiger partial charge in [0.15, 0.2) is 0 Å². The van der Waals surface area contributed by atoms with Crippen LogP contribution in [0.25, 0.3) is 0 Å². The maximum atomic E-state index is 12.3. The molecular formula is C19H16ClN5O6. The number of hydrogen-bond donors (Lipinski definition) is 1. The quantitative estimate of drug-likeness (QED) is 0.397. The van der Waals surface area contributed by atoms with E-state index in [1.807, 2.05) is 0 Å². The molecule has 3 rings (SSSR count). The summed E-state index contributed by atoms with van der Waals surface area (Å²) in [6, 6.07) is 10.1. The van der Waals surface area contributed by atoms with Crippen molar-refractivity contribution in [3.63, 3.8) is 0 Å². The van der Waals surface area contributed by atoms with Gasteiger partial charge in [0.05, 0.1) is 40.6 Å². The predicted molar refractivity (Wildman–Crippen MR) is 111 cm³/mol. The van der Waals surface area contributed by atoms with Crippen LogP contribution in [0, 0.1) is 27.2 Å². The van der Waals surface area contributed by atoms with Gasteiger partial charge in [0.1, 0.15) is 11.5 Å². The van der Waals surface area contributed by atoms with Gasteiger partial charge in [0.25, 0.3) is 5.69 Å². The van der Waals surface area contributed by atoms with Crippen LogP contribution >= 0.6 is 11.6 Å². The highest BCUT2D eigenvalue weighted by Gasteiger charge is 2.15. The molecule has 0 fully saturated rings. The van der Waals surface area contributed by atoms with E-state index in [-0.39, 0.29) is 35.9 Å². The monoisotopic (exact) mass is 445 g/mol. The Kier molecular flexibility index (Phi) is 6.46. The number of nitrogens with one attached hydrogen (secondary N) is 1. The summed E-state index contributed by atoms with van der Waals surface area (Å²) in [5, 5.41) is 28.7. The lowest BCUT2D eigenvalue weighted by atomic mass is 10.2. The summed E-state index contributed by atoms with van der Waals surface area (Å²) in [6.07, 6.45) is 1.34. The second kappa shape index (κ2) is 9.22. The highest BCUT2D eigenvalue weighted by molar-refractivity contribution is 6.30. The van der Waals surface area contributed by atoms with Crippen LogP contribution in [0.15, 0.2) is 48.7 Å². The molecule has 0 saturated heterocycles. The molecule has 0 unspecified atom stereocenters. The molecule has 1 amide bonds. The topological polar surface area (TPSA) is 142 Å². The van der Waals surface area contributed by atoms with Crippen LogP contribution in [-0.2, 0) is 11.3 Å². The van der Waals surface area contributed by atoms with E-state index in [1.54, 1.807) is 25.1 Å². The maximum absolute atomic E-state index is 12.3. The number of aromatic nitrogens is 2. The molecule has 0 saturated carbocycles. The molecule has 0 aliphatic heterocycles. The summed E-state index contributed by atoms with van der Waals surface area (Å²) in [5.41, 5.74) is 0.646. The molecule has 11 nitrogen and oxygen atoms in total. The largest absolute Gasteiger partial charge is 0.457 e. The third kappa shape index (κ3) is 5.76. The Morgan fingerprint density at radius 2 is 1.94 bits per heavy atom. The smallest absolute Gasteiger partial charge is 0.389 e. The summed E-state index contributed by atoms with van der Waals surface area (Å²) in [4.78, 5) is 33.0. The molecule has 0 bridgehead atoms. The number of nitro benzene ring substituents is 1. The minimum Gasteiger partial charge on any atom is -0.457 e. The van der Waals surface area contributed by atoms with Crippen LogP contribution in [0.3, 0.4) is 0 Å². The Balaban J connectivity index is 1.72. The van der Waals surface area contributed by atoms with E-state index in [9.17, 15) is 25.0 Å². The van der Waals surface area contributed by atoms with Crippen LogP contribution in [0.4, 0.5) is 17.2 Å². The number of carbonyl (C=O) groups excluding carboxylic acids is 1. The number of carbonyl (C=O) groups is 1. The molecule has 0 spiro atoms. The zero-order valence-electron chi connectivity index (χ0n) is 16.1. The first-order valence-electron chi connectivity index (χ1n) is 8.92. The summed E-state index contributed by atoms with van der Waals surface area (Å²) in [5.74, 6) is -0.147. The summed E-state index contributed by atoms with van der Waals surface area (Å²) < 4.78 is 7.01. The Labute approximate surface area is 180 Å². The number of amides is 1. The van der Waals surface area contributed by atoms with Crippen molar-refractivity contribution < 1.29 is 19.4 Å². The van der Waals surface area contributed by atoms with Crippen molar-refractivity contribution in [3.8, 4) is 11.5 Å². The number of aryl methyl sites for hydroxylation is 2. The number of ether oxygens (including phenoxy) is 1. The minimum atomic E-state index is -0.635. The van der Waals surface area contributed by atoms with Crippen molar-refractivity contribution in [3.05, 3.63) is 79.5 Å². The van der Waals surface area contributed by atoms with Crippen LogP contribution in [0.2, 0.25) is 5.02 Å². The van der Waals surface area contributed by atoms with E-state index in [0.29, 0.717) is 10.8 Å². The third-order valence-electron chi connectivity index (χ3n) is 4.13. The van der Waals surface area contributed by atoms with Crippen molar-refractivity contribution in [2.45, 2.75) is 19.9 Å². The summed E-state index contributed by atoms with van der Waals surface area (Å²) in [6.45, 7) is 1.88. The first-order valence-corrected chi connectivity index (χ1v) is 9.30. The maximum Gasteiger partial charge on any atom is 0.389 e. The second-order valence-corrected chi connectivity index (χ2v) is 6.91. The number of hydrogen-bond acceptors (Lipinski definition) is 7. The molecule has 1 N–H and O–H groups in total. The Hall–Kier alpha value is -3.99. The number of halogens is 1. The molecule has 160 valence electrons. The Bertz CT molecular complexity index is 1160. The van der Waals surface area contributed by atoms with Crippen molar-refractivity contribution in [1.29, 1.82) is 0 Å². The van der Waals surface area contributed by atoms with Gasteiger partial charge in [-0.25, -0.2) is 0 Å². The molecule has 0 radical (unpaired) electrons. The predicted octanol–water partition coefficient (Wildman–Crippen LogP) is 4.48. The lowest BCUT2D eigenvalue weighted by Crippen LogP contribution is -2.15. The van der Waals surface area contributed by atoms with Gasteiger partial charge >= 0.3 is 5.82 Å². The van der Waals surface area contributed by atoms with Crippen LogP contribution in [0.1, 0.15) is 12.0 Å². The zero-order valence-corrected chi connectivity index (χ0v) is 16.9. The number of non-ortho nitro benzene ring substituents is 1. The average molecular weight is 446 g/mol. The summed E-state index contributed by atoms with van der Waals surface area (Å²) in [7, 11) is 0. The summed E-state index contributed by atoms with van der Waals surface area (Å²) >= 11 is 5.93. The Morgan fingerprint density at radius 1 is 1.16 bits per heavy atom. The highest BCUT2D eigenvalue weighted by atomic mass is 35.5. The Morgan fingerprint density at radius 3 is 2.58 bits per heavy atom. The van der Waals surface area contributed by atoms with Crippen molar-refractivity contribution in [2.24, 2.45) is 0 Å². The van der Waals surface area contributed by atoms with Crippen molar-refractivity contribution in [1.82, 2.24) is 9.78 Å². The third-order valence-corrected chi connectivity index (χ3v) is 4.37. The average Bonchev–Trinajstić information content (AvgIpc) is 3.18.